The molecular weight excluding hydrogens is 536 g/mol. The van der Waals surface area contributed by atoms with Crippen LogP contribution in [0.3, 0.4) is 0 Å². The lowest BCUT2D eigenvalue weighted by molar-refractivity contribution is -0.155. The molecule has 1 fully saturated rings. The van der Waals surface area contributed by atoms with Gasteiger partial charge in [0.25, 0.3) is 11.5 Å². The number of aromatic nitrogens is 2. The van der Waals surface area contributed by atoms with Gasteiger partial charge in [0.05, 0.1) is 0 Å². The Morgan fingerprint density at radius 2 is 1.73 bits per heavy atom. The fourth-order valence-electron chi connectivity index (χ4n) is 6.13. The van der Waals surface area contributed by atoms with Crippen molar-refractivity contribution >= 4 is 29.3 Å². The molecule has 3 aliphatic rings. The summed E-state index contributed by atoms with van der Waals surface area (Å²) < 4.78 is 1.41. The number of carbonyl (C=O) groups is 3. The number of likely N-dealkylation sites (N-methyl/N-ethyl adjacent to an activating group) is 2. The van der Waals surface area contributed by atoms with Crippen LogP contribution in [0.5, 0.6) is 5.75 Å². The predicted octanol–water partition coefficient (Wildman–Crippen LogP) is 1.72. The van der Waals surface area contributed by atoms with E-state index < -0.39 is 40.3 Å². The number of hydrogen-bond acceptors (Lipinski definition) is 7. The van der Waals surface area contributed by atoms with Crippen LogP contribution in [0.2, 0.25) is 5.02 Å². The molecule has 0 unspecified atom stereocenters. The lowest BCUT2D eigenvalue weighted by Gasteiger charge is -2.47. The van der Waals surface area contributed by atoms with Gasteiger partial charge in [-0.1, -0.05) is 17.7 Å². The van der Waals surface area contributed by atoms with Crippen LogP contribution in [-0.4, -0.2) is 88.9 Å². The first-order chi connectivity index (χ1) is 18.7. The summed E-state index contributed by atoms with van der Waals surface area (Å²) in [5, 5.41) is 14.2. The van der Waals surface area contributed by atoms with Gasteiger partial charge < -0.3 is 25.1 Å². The summed E-state index contributed by atoms with van der Waals surface area (Å²) in [5.74, 6) is -2.68. The zero-order chi connectivity index (χ0) is 29.6. The van der Waals surface area contributed by atoms with E-state index in [1.807, 2.05) is 21.0 Å². The summed E-state index contributed by atoms with van der Waals surface area (Å²) in [7, 11) is 8.47. The summed E-state index contributed by atoms with van der Waals surface area (Å²) >= 11 is 6.04. The highest BCUT2D eigenvalue weighted by Gasteiger charge is 2.54. The van der Waals surface area contributed by atoms with Crippen LogP contribution in [0.25, 0.3) is 0 Å². The average Bonchev–Trinajstić information content (AvgIpc) is 3.12. The SMILES string of the molecule is Cc1cc(Cl)ccc1CNC(=O)c1nc2n(c(=O)c1O)CC1(CN(C)C)CCC2(N(C)C(=O)C(=O)N(C)C)CC1. The summed E-state index contributed by atoms with van der Waals surface area (Å²) in [6, 6.07) is 5.28. The van der Waals surface area contributed by atoms with Crippen molar-refractivity contribution in [2.75, 3.05) is 41.8 Å². The fourth-order valence-corrected chi connectivity index (χ4v) is 6.35. The van der Waals surface area contributed by atoms with Crippen molar-refractivity contribution in [1.82, 2.24) is 29.6 Å². The zero-order valence-electron chi connectivity index (χ0n) is 23.9. The van der Waals surface area contributed by atoms with E-state index in [4.69, 9.17) is 11.6 Å². The van der Waals surface area contributed by atoms with Gasteiger partial charge in [-0.25, -0.2) is 4.98 Å². The minimum atomic E-state index is -1.11. The van der Waals surface area contributed by atoms with Crippen LogP contribution in [-0.2, 0) is 28.2 Å². The van der Waals surface area contributed by atoms with Crippen molar-refractivity contribution in [2.45, 2.75) is 51.2 Å². The summed E-state index contributed by atoms with van der Waals surface area (Å²) in [4.78, 5) is 62.2. The van der Waals surface area contributed by atoms with Gasteiger partial charge in [0.1, 0.15) is 11.4 Å². The first-order valence-electron chi connectivity index (χ1n) is 13.2. The maximum atomic E-state index is 13.7. The number of benzene rings is 1. The van der Waals surface area contributed by atoms with Crippen molar-refractivity contribution in [2.24, 2.45) is 5.41 Å². The molecule has 1 saturated carbocycles. The molecule has 2 aliphatic heterocycles. The van der Waals surface area contributed by atoms with Crippen molar-refractivity contribution < 1.29 is 19.5 Å². The summed E-state index contributed by atoms with van der Waals surface area (Å²) in [5.41, 5.74) is -0.870. The highest BCUT2D eigenvalue weighted by atomic mass is 35.5. The molecule has 2 aromatic rings. The third kappa shape index (κ3) is 5.19. The molecule has 2 bridgehead atoms. The predicted molar refractivity (Wildman–Crippen MR) is 150 cm³/mol. The van der Waals surface area contributed by atoms with Gasteiger partial charge in [-0.2, -0.15) is 0 Å². The molecule has 1 aromatic heterocycles. The molecule has 216 valence electrons. The number of nitrogens with zero attached hydrogens (tertiary/aromatic N) is 5. The van der Waals surface area contributed by atoms with E-state index >= 15 is 0 Å². The van der Waals surface area contributed by atoms with Crippen molar-refractivity contribution in [3.05, 3.63) is 56.2 Å². The number of halogens is 1. The first kappa shape index (κ1) is 29.5. The Bertz CT molecular complexity index is 1410. The van der Waals surface area contributed by atoms with E-state index in [2.05, 4.69) is 15.2 Å². The smallest absolute Gasteiger partial charge is 0.312 e. The minimum absolute atomic E-state index is 0.133. The Hall–Kier alpha value is -3.44. The molecule has 5 rings (SSSR count). The van der Waals surface area contributed by atoms with Crippen molar-refractivity contribution in [1.29, 1.82) is 0 Å². The standard InChI is InChI=1S/C28H37ClN6O5/c1-17-13-19(29)8-7-18(17)14-30-22(37)20-21(36)23(38)35-16-27(15-32(2)3)9-11-28(12-10-27,26(35)31-20)34(6)25(40)24(39)33(4)5/h7-8,13,36H,9-12,14-16H2,1-6H3,(H,30,37). The molecule has 0 saturated heterocycles. The molecule has 12 heteroatoms. The summed E-state index contributed by atoms with van der Waals surface area (Å²) in [6.45, 7) is 2.96. The van der Waals surface area contributed by atoms with Crippen LogP contribution in [0.15, 0.2) is 23.0 Å². The molecule has 11 nitrogen and oxygen atoms in total. The molecular formula is C28H37ClN6O5. The van der Waals surface area contributed by atoms with Crippen molar-refractivity contribution in [3.63, 3.8) is 0 Å². The van der Waals surface area contributed by atoms with Crippen molar-refractivity contribution in [3.8, 4) is 5.75 Å². The Labute approximate surface area is 238 Å². The molecule has 3 amide bonds. The number of hydrogen-bond donors (Lipinski definition) is 2. The van der Waals surface area contributed by atoms with Gasteiger partial charge >= 0.3 is 11.8 Å². The Kier molecular flexibility index (Phi) is 8.01. The second-order valence-corrected chi connectivity index (χ2v) is 12.0. The van der Waals surface area contributed by atoms with E-state index in [0.717, 1.165) is 11.1 Å². The van der Waals surface area contributed by atoms with Gasteiger partial charge in [0, 0.05) is 51.2 Å². The third-order valence-corrected chi connectivity index (χ3v) is 8.57. The topological polar surface area (TPSA) is 128 Å². The molecule has 40 heavy (non-hydrogen) atoms. The molecule has 0 atom stereocenters. The lowest BCUT2D eigenvalue weighted by atomic mass is 9.67. The number of nitrogens with one attached hydrogen (secondary N) is 1. The minimum Gasteiger partial charge on any atom is -0.501 e. The zero-order valence-corrected chi connectivity index (χ0v) is 24.6. The quantitative estimate of drug-likeness (QED) is 0.504. The van der Waals surface area contributed by atoms with E-state index in [-0.39, 0.29) is 24.3 Å². The van der Waals surface area contributed by atoms with Crippen LogP contribution < -0.4 is 10.9 Å². The van der Waals surface area contributed by atoms with Gasteiger partial charge in [0.2, 0.25) is 5.75 Å². The monoisotopic (exact) mass is 572 g/mol. The Morgan fingerprint density at radius 1 is 1.07 bits per heavy atom. The fraction of sp³-hybridized carbons (Fsp3) is 0.536. The number of aryl methyl sites for hydroxylation is 1. The average molecular weight is 573 g/mol. The maximum absolute atomic E-state index is 13.7. The van der Waals surface area contributed by atoms with E-state index in [9.17, 15) is 24.3 Å². The molecule has 0 spiro atoms. The molecule has 3 heterocycles. The number of carbonyl (C=O) groups excluding carboxylic acids is 3. The maximum Gasteiger partial charge on any atom is 0.312 e. The number of fused-ring (bicyclic) bond motifs is 2. The van der Waals surface area contributed by atoms with Gasteiger partial charge in [-0.3, -0.25) is 23.7 Å². The van der Waals surface area contributed by atoms with Gasteiger partial charge in [-0.05, 0) is 70.0 Å². The van der Waals surface area contributed by atoms with Crippen LogP contribution >= 0.6 is 11.6 Å². The van der Waals surface area contributed by atoms with Crippen LogP contribution in [0.4, 0.5) is 0 Å². The van der Waals surface area contributed by atoms with Gasteiger partial charge in [0.15, 0.2) is 5.69 Å². The molecule has 2 N–H and O–H groups in total. The molecule has 1 aliphatic carbocycles. The highest BCUT2D eigenvalue weighted by molar-refractivity contribution is 6.34. The summed E-state index contributed by atoms with van der Waals surface area (Å²) in [6.07, 6.45) is 2.23. The number of amides is 3. The normalized spacial score (nSPS) is 21.5. The highest BCUT2D eigenvalue weighted by Crippen LogP contribution is 2.52. The second-order valence-electron chi connectivity index (χ2n) is 11.6. The van der Waals surface area contributed by atoms with E-state index in [1.165, 1.54) is 28.5 Å². The van der Waals surface area contributed by atoms with E-state index in [1.54, 1.807) is 25.2 Å². The largest absolute Gasteiger partial charge is 0.501 e. The Morgan fingerprint density at radius 3 is 2.30 bits per heavy atom. The number of rotatable bonds is 6. The lowest BCUT2D eigenvalue weighted by Crippen LogP contribution is -2.55. The van der Waals surface area contributed by atoms with Gasteiger partial charge in [-0.15, -0.1) is 0 Å². The number of aromatic hydroxyl groups is 1. The Balaban J connectivity index is 1.81. The van der Waals surface area contributed by atoms with Crippen LogP contribution in [0.1, 0.15) is 53.1 Å². The van der Waals surface area contributed by atoms with Crippen LogP contribution in [0, 0.1) is 12.3 Å². The second kappa shape index (κ2) is 10.9. The van der Waals surface area contributed by atoms with E-state index in [0.29, 0.717) is 37.3 Å². The first-order valence-corrected chi connectivity index (χ1v) is 13.6. The molecule has 0 radical (unpaired) electrons. The molecule has 1 aromatic carbocycles. The third-order valence-electron chi connectivity index (χ3n) is 8.34.